The van der Waals surface area contributed by atoms with Crippen LogP contribution in [0.4, 0.5) is 0 Å². The average molecular weight is 220 g/mol. The van der Waals surface area contributed by atoms with E-state index < -0.39 is 6.04 Å². The van der Waals surface area contributed by atoms with E-state index in [1.165, 1.54) is 25.5 Å². The normalized spacial score (nSPS) is 17.7. The number of halogens is 1. The lowest BCUT2D eigenvalue weighted by molar-refractivity contribution is -0.142. The molecule has 0 saturated carbocycles. The van der Waals surface area contributed by atoms with Crippen molar-refractivity contribution in [1.29, 1.82) is 0 Å². The average Bonchev–Trinajstić information content (AvgIpc) is 2.18. The van der Waals surface area contributed by atoms with Crippen LogP contribution in [0.1, 0.15) is 32.1 Å². The molecule has 14 heavy (non-hydrogen) atoms. The van der Waals surface area contributed by atoms with Gasteiger partial charge in [0, 0.05) is 0 Å². The van der Waals surface area contributed by atoms with Crippen LogP contribution in [0, 0.1) is 0 Å². The molecule has 0 bridgehead atoms. The van der Waals surface area contributed by atoms with Crippen molar-refractivity contribution in [3.05, 3.63) is 11.6 Å². The molecule has 0 unspecified atom stereocenters. The van der Waals surface area contributed by atoms with Crippen LogP contribution in [0.5, 0.6) is 0 Å². The van der Waals surface area contributed by atoms with Gasteiger partial charge in [0.05, 0.1) is 7.11 Å². The van der Waals surface area contributed by atoms with E-state index in [1.807, 2.05) is 0 Å². The summed E-state index contributed by atoms with van der Waals surface area (Å²) in [6.07, 6.45) is 7.56. The molecule has 4 heteroatoms. The summed E-state index contributed by atoms with van der Waals surface area (Å²) in [5.41, 5.74) is 6.95. The first-order chi connectivity index (χ1) is 6.24. The molecule has 0 spiro atoms. The summed E-state index contributed by atoms with van der Waals surface area (Å²) in [5, 5.41) is 0. The van der Waals surface area contributed by atoms with Crippen molar-refractivity contribution < 1.29 is 9.53 Å². The van der Waals surface area contributed by atoms with Crippen molar-refractivity contribution in [3.8, 4) is 0 Å². The Morgan fingerprint density at radius 3 is 2.86 bits per heavy atom. The molecule has 1 rings (SSSR count). The fourth-order valence-electron chi connectivity index (χ4n) is 1.61. The summed E-state index contributed by atoms with van der Waals surface area (Å²) < 4.78 is 4.56. The second-order valence-corrected chi connectivity index (χ2v) is 3.44. The zero-order chi connectivity index (χ0) is 9.68. The molecule has 0 aromatic rings. The minimum absolute atomic E-state index is 0. The Kier molecular flexibility index (Phi) is 6.58. The molecule has 82 valence electrons. The van der Waals surface area contributed by atoms with E-state index in [0.29, 0.717) is 6.42 Å². The van der Waals surface area contributed by atoms with Gasteiger partial charge in [0.1, 0.15) is 6.04 Å². The summed E-state index contributed by atoms with van der Waals surface area (Å²) >= 11 is 0. The van der Waals surface area contributed by atoms with E-state index in [-0.39, 0.29) is 18.4 Å². The zero-order valence-corrected chi connectivity index (χ0v) is 9.31. The Bertz CT molecular complexity index is 216. The van der Waals surface area contributed by atoms with Gasteiger partial charge in [-0.1, -0.05) is 11.6 Å². The number of rotatable bonds is 3. The number of allylic oxidation sites excluding steroid dienone is 1. The third kappa shape index (κ3) is 4.11. The van der Waals surface area contributed by atoms with Gasteiger partial charge in [-0.25, -0.2) is 0 Å². The SMILES string of the molecule is COC(=O)[C@@H](N)CC1=CCCCC1.Cl. The first-order valence-electron chi connectivity index (χ1n) is 4.75. The first kappa shape index (κ1) is 13.5. The van der Waals surface area contributed by atoms with E-state index in [2.05, 4.69) is 10.8 Å². The van der Waals surface area contributed by atoms with Gasteiger partial charge < -0.3 is 10.5 Å². The topological polar surface area (TPSA) is 52.3 Å². The van der Waals surface area contributed by atoms with E-state index in [4.69, 9.17) is 5.73 Å². The summed E-state index contributed by atoms with van der Waals surface area (Å²) in [6.45, 7) is 0. The molecule has 0 heterocycles. The van der Waals surface area contributed by atoms with Crippen molar-refractivity contribution in [2.24, 2.45) is 5.73 Å². The monoisotopic (exact) mass is 219 g/mol. The van der Waals surface area contributed by atoms with E-state index in [0.717, 1.165) is 12.8 Å². The Morgan fingerprint density at radius 1 is 1.64 bits per heavy atom. The Morgan fingerprint density at radius 2 is 2.36 bits per heavy atom. The Balaban J connectivity index is 0.00000169. The van der Waals surface area contributed by atoms with Gasteiger partial charge in [0.2, 0.25) is 0 Å². The predicted molar refractivity (Wildman–Crippen MR) is 58.4 cm³/mol. The van der Waals surface area contributed by atoms with Crippen LogP contribution >= 0.6 is 12.4 Å². The van der Waals surface area contributed by atoms with Gasteiger partial charge in [0.15, 0.2) is 0 Å². The number of methoxy groups -OCH3 is 1. The maximum absolute atomic E-state index is 11.0. The minimum atomic E-state index is -0.477. The van der Waals surface area contributed by atoms with Crippen molar-refractivity contribution in [1.82, 2.24) is 0 Å². The minimum Gasteiger partial charge on any atom is -0.468 e. The molecule has 0 radical (unpaired) electrons. The lowest BCUT2D eigenvalue weighted by Crippen LogP contribution is -2.32. The van der Waals surface area contributed by atoms with Crippen LogP contribution in [0.3, 0.4) is 0 Å². The van der Waals surface area contributed by atoms with Crippen molar-refractivity contribution in [3.63, 3.8) is 0 Å². The lowest BCUT2D eigenvalue weighted by atomic mass is 9.94. The number of nitrogens with two attached hydrogens (primary N) is 1. The van der Waals surface area contributed by atoms with E-state index in [1.54, 1.807) is 0 Å². The molecule has 1 aliphatic carbocycles. The number of ether oxygens (including phenoxy) is 1. The highest BCUT2D eigenvalue weighted by Gasteiger charge is 2.16. The Labute approximate surface area is 91.1 Å². The summed E-state index contributed by atoms with van der Waals surface area (Å²) in [6, 6.07) is -0.477. The molecule has 1 aliphatic rings. The molecule has 3 nitrogen and oxygen atoms in total. The van der Waals surface area contributed by atoms with Crippen LogP contribution in [-0.4, -0.2) is 19.1 Å². The molecule has 0 aromatic carbocycles. The largest absolute Gasteiger partial charge is 0.468 e. The third-order valence-electron chi connectivity index (χ3n) is 2.37. The lowest BCUT2D eigenvalue weighted by Gasteiger charge is -2.15. The summed E-state index contributed by atoms with van der Waals surface area (Å²) in [4.78, 5) is 11.0. The molecule has 2 N–H and O–H groups in total. The van der Waals surface area contributed by atoms with Crippen LogP contribution < -0.4 is 5.73 Å². The number of hydrogen-bond donors (Lipinski definition) is 1. The first-order valence-corrected chi connectivity index (χ1v) is 4.75. The van der Waals surface area contributed by atoms with Gasteiger partial charge in [-0.2, -0.15) is 0 Å². The van der Waals surface area contributed by atoms with E-state index >= 15 is 0 Å². The molecule has 0 amide bonds. The second-order valence-electron chi connectivity index (χ2n) is 3.44. The van der Waals surface area contributed by atoms with Crippen molar-refractivity contribution >= 4 is 18.4 Å². The predicted octanol–water partition coefficient (Wildman–Crippen LogP) is 1.80. The number of esters is 1. The fourth-order valence-corrected chi connectivity index (χ4v) is 1.61. The van der Waals surface area contributed by atoms with E-state index in [9.17, 15) is 4.79 Å². The smallest absolute Gasteiger partial charge is 0.322 e. The third-order valence-corrected chi connectivity index (χ3v) is 2.37. The molecule has 0 aromatic heterocycles. The van der Waals surface area contributed by atoms with Gasteiger partial charge in [-0.15, -0.1) is 12.4 Å². The second kappa shape index (κ2) is 6.85. The maximum atomic E-state index is 11.0. The standard InChI is InChI=1S/C10H17NO2.ClH/c1-13-10(12)9(11)7-8-5-3-2-4-6-8;/h5,9H,2-4,6-7,11H2,1H3;1H/t9-;/m0./s1. The quantitative estimate of drug-likeness (QED) is 0.582. The molecule has 1 atom stereocenters. The highest BCUT2D eigenvalue weighted by atomic mass is 35.5. The van der Waals surface area contributed by atoms with Crippen LogP contribution in [0.15, 0.2) is 11.6 Å². The van der Waals surface area contributed by atoms with Crippen LogP contribution in [0.25, 0.3) is 0 Å². The van der Waals surface area contributed by atoms with Crippen LogP contribution in [0.2, 0.25) is 0 Å². The van der Waals surface area contributed by atoms with Crippen molar-refractivity contribution in [2.75, 3.05) is 7.11 Å². The summed E-state index contributed by atoms with van der Waals surface area (Å²) in [7, 11) is 1.37. The van der Waals surface area contributed by atoms with Crippen molar-refractivity contribution in [2.45, 2.75) is 38.1 Å². The highest BCUT2D eigenvalue weighted by Crippen LogP contribution is 2.20. The Hall–Kier alpha value is -0.540. The number of hydrogen-bond acceptors (Lipinski definition) is 3. The molecular weight excluding hydrogens is 202 g/mol. The highest BCUT2D eigenvalue weighted by molar-refractivity contribution is 5.85. The fraction of sp³-hybridized carbons (Fsp3) is 0.700. The molecule has 0 saturated heterocycles. The molecule has 0 fully saturated rings. The van der Waals surface area contributed by atoms with Gasteiger partial charge in [0.25, 0.3) is 0 Å². The van der Waals surface area contributed by atoms with Gasteiger partial charge in [-0.3, -0.25) is 4.79 Å². The van der Waals surface area contributed by atoms with Gasteiger partial charge in [-0.05, 0) is 32.1 Å². The number of carbonyl (C=O) groups is 1. The molecule has 0 aliphatic heterocycles. The zero-order valence-electron chi connectivity index (χ0n) is 8.49. The molecular formula is C10H18ClNO2. The van der Waals surface area contributed by atoms with Gasteiger partial charge >= 0.3 is 5.97 Å². The van der Waals surface area contributed by atoms with Crippen LogP contribution in [-0.2, 0) is 9.53 Å². The number of carbonyl (C=O) groups excluding carboxylic acids is 1. The summed E-state index contributed by atoms with van der Waals surface area (Å²) in [5.74, 6) is -0.313. The maximum Gasteiger partial charge on any atom is 0.322 e.